The van der Waals surface area contributed by atoms with Crippen molar-refractivity contribution in [3.05, 3.63) is 75.1 Å². The maximum absolute atomic E-state index is 13.1. The molecule has 1 aliphatic rings. The molecule has 0 bridgehead atoms. The monoisotopic (exact) mass is 463 g/mol. The van der Waals surface area contributed by atoms with E-state index in [0.717, 1.165) is 36.0 Å². The number of hydrogen-bond acceptors (Lipinski definition) is 6. The molecule has 34 heavy (non-hydrogen) atoms. The summed E-state index contributed by atoms with van der Waals surface area (Å²) < 4.78 is 16.7. The van der Waals surface area contributed by atoms with Crippen LogP contribution in [0.25, 0.3) is 11.0 Å². The van der Waals surface area contributed by atoms with Gasteiger partial charge in [-0.3, -0.25) is 0 Å². The lowest BCUT2D eigenvalue weighted by Crippen LogP contribution is -2.43. The number of hydrogen-bond donors (Lipinski definition) is 1. The number of carbonyl (C=O) groups excluding carboxylic acids is 2. The molecule has 0 saturated heterocycles. The molecule has 1 aliphatic carbocycles. The molecule has 0 saturated carbocycles. The lowest BCUT2D eigenvalue weighted by atomic mass is 9.90. The number of rotatable bonds is 7. The first-order valence-corrected chi connectivity index (χ1v) is 11.7. The Morgan fingerprint density at radius 2 is 1.82 bits per heavy atom. The number of aryl methyl sites for hydroxylation is 2. The lowest BCUT2D eigenvalue weighted by molar-refractivity contribution is -0.136. The second kappa shape index (κ2) is 10.5. The molecule has 0 aliphatic heterocycles. The Morgan fingerprint density at radius 3 is 2.56 bits per heavy atom. The van der Waals surface area contributed by atoms with Gasteiger partial charge in [-0.2, -0.15) is 0 Å². The van der Waals surface area contributed by atoms with Gasteiger partial charge in [0.25, 0.3) is 0 Å². The summed E-state index contributed by atoms with van der Waals surface area (Å²) in [6.07, 6.45) is 3.65. The molecule has 1 atom stereocenters. The topological polar surface area (TPSA) is 94.8 Å². The smallest absolute Gasteiger partial charge is 0.408 e. The molecule has 1 heterocycles. The van der Waals surface area contributed by atoms with E-state index in [1.54, 1.807) is 12.1 Å². The summed E-state index contributed by atoms with van der Waals surface area (Å²) in [5.74, 6) is -0.233. The number of ether oxygens (including phenoxy) is 2. The first-order valence-electron chi connectivity index (χ1n) is 11.7. The van der Waals surface area contributed by atoms with Gasteiger partial charge in [-0.1, -0.05) is 43.7 Å². The second-order valence-corrected chi connectivity index (χ2v) is 8.66. The third-order valence-electron chi connectivity index (χ3n) is 6.01. The van der Waals surface area contributed by atoms with Crippen LogP contribution >= 0.6 is 0 Å². The van der Waals surface area contributed by atoms with Crippen molar-refractivity contribution in [1.29, 1.82) is 0 Å². The van der Waals surface area contributed by atoms with Gasteiger partial charge in [-0.15, -0.1) is 0 Å². The van der Waals surface area contributed by atoms with Gasteiger partial charge in [0, 0.05) is 5.56 Å². The number of fused-ring (bicyclic) bond motifs is 3. The van der Waals surface area contributed by atoms with Crippen molar-refractivity contribution < 1.29 is 23.5 Å². The standard InChI is InChI=1S/C27H29NO6/c1-3-9-21(28-27(31)32-16-18-10-5-4-6-11-18)26(30)34-23-15-17(2)14-22-24(23)19-12-7-8-13-20(19)25(29)33-22/h4-6,10-11,14-15,21H,3,7-9,12-13,16H2,1-2H3,(H,28,31)/t21-/m1/s1. The van der Waals surface area contributed by atoms with Gasteiger partial charge in [0.15, 0.2) is 0 Å². The summed E-state index contributed by atoms with van der Waals surface area (Å²) in [7, 11) is 0. The molecule has 7 nitrogen and oxygen atoms in total. The van der Waals surface area contributed by atoms with E-state index in [4.69, 9.17) is 13.9 Å². The Bertz CT molecular complexity index is 1250. The van der Waals surface area contributed by atoms with Crippen LogP contribution in [0.4, 0.5) is 4.79 Å². The van der Waals surface area contributed by atoms with E-state index in [1.165, 1.54) is 0 Å². The van der Waals surface area contributed by atoms with Gasteiger partial charge in [0.2, 0.25) is 0 Å². The van der Waals surface area contributed by atoms with Crippen molar-refractivity contribution in [1.82, 2.24) is 5.32 Å². The van der Waals surface area contributed by atoms with E-state index in [1.807, 2.05) is 44.2 Å². The SMILES string of the molecule is CCC[C@@H](NC(=O)OCc1ccccc1)C(=O)Oc1cc(C)cc2oc(=O)c3c(c12)CCCC3. The van der Waals surface area contributed by atoms with E-state index >= 15 is 0 Å². The quantitative estimate of drug-likeness (QED) is 0.302. The van der Waals surface area contributed by atoms with E-state index < -0.39 is 18.1 Å². The molecule has 0 fully saturated rings. The summed E-state index contributed by atoms with van der Waals surface area (Å²) in [4.78, 5) is 37.9. The number of alkyl carbamates (subject to hydrolysis) is 1. The van der Waals surface area contributed by atoms with Crippen LogP contribution < -0.4 is 15.7 Å². The highest BCUT2D eigenvalue weighted by Gasteiger charge is 2.26. The molecule has 0 unspecified atom stereocenters. The number of benzene rings is 2. The Kier molecular flexibility index (Phi) is 7.30. The fourth-order valence-electron chi connectivity index (χ4n) is 4.37. The first-order chi connectivity index (χ1) is 16.5. The van der Waals surface area contributed by atoms with Crippen LogP contribution in [-0.4, -0.2) is 18.1 Å². The van der Waals surface area contributed by atoms with Crippen molar-refractivity contribution in [3.8, 4) is 5.75 Å². The van der Waals surface area contributed by atoms with Gasteiger partial charge >= 0.3 is 17.7 Å². The fraction of sp³-hybridized carbons (Fsp3) is 0.370. The zero-order valence-electron chi connectivity index (χ0n) is 19.5. The summed E-state index contributed by atoms with van der Waals surface area (Å²) in [6, 6.07) is 12.0. The minimum absolute atomic E-state index is 0.105. The average Bonchev–Trinajstić information content (AvgIpc) is 2.83. The third kappa shape index (κ3) is 5.30. The fourth-order valence-corrected chi connectivity index (χ4v) is 4.37. The number of amides is 1. The minimum Gasteiger partial charge on any atom is -0.445 e. The van der Waals surface area contributed by atoms with Crippen molar-refractivity contribution in [2.45, 2.75) is 65.0 Å². The number of esters is 1. The maximum Gasteiger partial charge on any atom is 0.408 e. The molecule has 3 aromatic rings. The molecule has 0 spiro atoms. The maximum atomic E-state index is 13.1. The van der Waals surface area contributed by atoms with Crippen molar-refractivity contribution in [2.75, 3.05) is 0 Å². The summed E-state index contributed by atoms with van der Waals surface area (Å²) >= 11 is 0. The Morgan fingerprint density at radius 1 is 1.09 bits per heavy atom. The van der Waals surface area contributed by atoms with Crippen LogP contribution in [0.2, 0.25) is 0 Å². The van der Waals surface area contributed by atoms with E-state index in [2.05, 4.69) is 5.32 Å². The van der Waals surface area contributed by atoms with Crippen molar-refractivity contribution in [2.24, 2.45) is 0 Å². The molecule has 1 aromatic heterocycles. The molecule has 1 N–H and O–H groups in total. The van der Waals surface area contributed by atoms with Crippen LogP contribution in [0, 0.1) is 6.92 Å². The number of nitrogens with one attached hydrogen (secondary N) is 1. The zero-order chi connectivity index (χ0) is 24.1. The second-order valence-electron chi connectivity index (χ2n) is 8.66. The molecule has 0 radical (unpaired) electrons. The largest absolute Gasteiger partial charge is 0.445 e. The molecular formula is C27H29NO6. The zero-order valence-corrected chi connectivity index (χ0v) is 19.5. The highest BCUT2D eigenvalue weighted by Crippen LogP contribution is 2.34. The van der Waals surface area contributed by atoms with Gasteiger partial charge in [-0.05, 0) is 67.9 Å². The van der Waals surface area contributed by atoms with Crippen LogP contribution in [0.5, 0.6) is 5.75 Å². The van der Waals surface area contributed by atoms with Gasteiger partial charge < -0.3 is 19.2 Å². The molecule has 7 heteroatoms. The van der Waals surface area contributed by atoms with E-state index in [9.17, 15) is 14.4 Å². The first kappa shape index (κ1) is 23.5. The van der Waals surface area contributed by atoms with Crippen LogP contribution in [-0.2, 0) is 29.0 Å². The van der Waals surface area contributed by atoms with Crippen molar-refractivity contribution in [3.63, 3.8) is 0 Å². The van der Waals surface area contributed by atoms with Gasteiger partial charge in [-0.25, -0.2) is 14.4 Å². The molecule has 4 rings (SSSR count). The van der Waals surface area contributed by atoms with Gasteiger partial charge in [0.1, 0.15) is 24.0 Å². The van der Waals surface area contributed by atoms with E-state index in [0.29, 0.717) is 41.5 Å². The summed E-state index contributed by atoms with van der Waals surface area (Å²) in [6.45, 7) is 3.87. The Hall–Kier alpha value is -3.61. The van der Waals surface area contributed by atoms with Crippen LogP contribution in [0.15, 0.2) is 51.7 Å². The summed E-state index contributed by atoms with van der Waals surface area (Å²) in [5, 5.41) is 3.30. The predicted molar refractivity (Wildman–Crippen MR) is 128 cm³/mol. The molecule has 2 aromatic carbocycles. The third-order valence-corrected chi connectivity index (χ3v) is 6.01. The average molecular weight is 464 g/mol. The van der Waals surface area contributed by atoms with Crippen LogP contribution in [0.3, 0.4) is 0 Å². The van der Waals surface area contributed by atoms with Crippen LogP contribution in [0.1, 0.15) is 54.9 Å². The molecule has 178 valence electrons. The molecule has 1 amide bonds. The van der Waals surface area contributed by atoms with Crippen molar-refractivity contribution >= 4 is 23.0 Å². The van der Waals surface area contributed by atoms with Gasteiger partial charge in [0.05, 0.1) is 5.39 Å². The Labute approximate surface area is 198 Å². The highest BCUT2D eigenvalue weighted by molar-refractivity contribution is 5.92. The predicted octanol–water partition coefficient (Wildman–Crippen LogP) is 4.98. The normalized spacial score (nSPS) is 13.7. The van der Waals surface area contributed by atoms with E-state index in [-0.39, 0.29) is 12.2 Å². The summed E-state index contributed by atoms with van der Waals surface area (Å²) in [5.41, 5.74) is 3.30. The molecular weight excluding hydrogens is 434 g/mol. The number of carbonyl (C=O) groups is 2. The minimum atomic E-state index is -0.865. The lowest BCUT2D eigenvalue weighted by Gasteiger charge is -2.20. The highest BCUT2D eigenvalue weighted by atomic mass is 16.6. The Balaban J connectivity index is 1.55.